The lowest BCUT2D eigenvalue weighted by Crippen LogP contribution is -2.36. The van der Waals surface area contributed by atoms with Crippen LogP contribution in [-0.2, 0) is 15.9 Å². The highest BCUT2D eigenvalue weighted by atomic mass is 16.7. The van der Waals surface area contributed by atoms with Crippen LogP contribution in [0.4, 0.5) is 0 Å². The predicted molar refractivity (Wildman–Crippen MR) is 78.3 cm³/mol. The Morgan fingerprint density at radius 1 is 1.25 bits per heavy atom. The van der Waals surface area contributed by atoms with E-state index in [0.29, 0.717) is 0 Å². The zero-order chi connectivity index (χ0) is 13.6. The summed E-state index contributed by atoms with van der Waals surface area (Å²) >= 11 is 0. The van der Waals surface area contributed by atoms with Crippen LogP contribution in [0.15, 0.2) is 47.6 Å². The van der Waals surface area contributed by atoms with Crippen LogP contribution in [0.2, 0.25) is 0 Å². The first kappa shape index (κ1) is 12.4. The Hall–Kier alpha value is -1.38. The molecule has 0 saturated heterocycles. The van der Waals surface area contributed by atoms with Crippen LogP contribution in [0.5, 0.6) is 0 Å². The summed E-state index contributed by atoms with van der Waals surface area (Å²) in [6, 6.07) is 8.60. The SMILES string of the molecule is COC12C=C(C3=CCCCC3)C(O1)c1ccccc1C2. The third kappa shape index (κ3) is 1.79. The molecule has 0 fully saturated rings. The average Bonchev–Trinajstić information content (AvgIpc) is 2.83. The molecule has 0 aromatic heterocycles. The summed E-state index contributed by atoms with van der Waals surface area (Å²) in [6.45, 7) is 0. The van der Waals surface area contributed by atoms with Gasteiger partial charge in [-0.2, -0.15) is 0 Å². The number of allylic oxidation sites excluding steroid dienone is 1. The zero-order valence-electron chi connectivity index (χ0n) is 11.9. The number of rotatable bonds is 2. The van der Waals surface area contributed by atoms with Crippen LogP contribution in [0.25, 0.3) is 0 Å². The molecule has 20 heavy (non-hydrogen) atoms. The van der Waals surface area contributed by atoms with Crippen molar-refractivity contribution in [2.45, 2.75) is 44.0 Å². The van der Waals surface area contributed by atoms with Crippen LogP contribution < -0.4 is 0 Å². The Morgan fingerprint density at radius 3 is 2.95 bits per heavy atom. The first-order valence-corrected chi connectivity index (χ1v) is 7.54. The minimum absolute atomic E-state index is 0.0595. The van der Waals surface area contributed by atoms with Gasteiger partial charge in [0.15, 0.2) is 5.79 Å². The van der Waals surface area contributed by atoms with Crippen LogP contribution >= 0.6 is 0 Å². The molecule has 1 aromatic rings. The molecule has 1 aliphatic carbocycles. The van der Waals surface area contributed by atoms with Gasteiger partial charge in [0.1, 0.15) is 6.10 Å². The maximum Gasteiger partial charge on any atom is 0.193 e. The Bertz CT molecular complexity index is 599. The van der Waals surface area contributed by atoms with Crippen LogP contribution in [0, 0.1) is 0 Å². The fourth-order valence-corrected chi connectivity index (χ4v) is 3.69. The Balaban J connectivity index is 1.81. The van der Waals surface area contributed by atoms with Crippen molar-refractivity contribution in [3.8, 4) is 0 Å². The van der Waals surface area contributed by atoms with Crippen molar-refractivity contribution in [3.63, 3.8) is 0 Å². The molecule has 3 aliphatic rings. The third-order valence-corrected chi connectivity index (χ3v) is 4.76. The van der Waals surface area contributed by atoms with Crippen molar-refractivity contribution in [2.24, 2.45) is 0 Å². The molecular formula is C18H20O2. The molecule has 0 amide bonds. The van der Waals surface area contributed by atoms with E-state index in [0.717, 1.165) is 6.42 Å². The van der Waals surface area contributed by atoms with Crippen LogP contribution in [-0.4, -0.2) is 12.9 Å². The van der Waals surface area contributed by atoms with E-state index in [-0.39, 0.29) is 6.10 Å². The molecule has 2 heterocycles. The van der Waals surface area contributed by atoms with Crippen molar-refractivity contribution in [1.82, 2.24) is 0 Å². The normalized spacial score (nSPS) is 31.6. The zero-order valence-corrected chi connectivity index (χ0v) is 11.9. The largest absolute Gasteiger partial charge is 0.349 e. The van der Waals surface area contributed by atoms with Gasteiger partial charge in [-0.05, 0) is 54.0 Å². The highest BCUT2D eigenvalue weighted by Gasteiger charge is 2.46. The number of hydrogen-bond donors (Lipinski definition) is 0. The molecule has 0 N–H and O–H groups in total. The lowest BCUT2D eigenvalue weighted by atomic mass is 9.88. The van der Waals surface area contributed by atoms with Gasteiger partial charge in [-0.3, -0.25) is 0 Å². The van der Waals surface area contributed by atoms with E-state index < -0.39 is 5.79 Å². The maximum absolute atomic E-state index is 6.27. The molecule has 104 valence electrons. The van der Waals surface area contributed by atoms with E-state index in [1.165, 1.54) is 48.0 Å². The van der Waals surface area contributed by atoms with Gasteiger partial charge in [-0.25, -0.2) is 0 Å². The molecule has 0 radical (unpaired) electrons. The van der Waals surface area contributed by atoms with Crippen molar-refractivity contribution in [3.05, 3.63) is 58.7 Å². The number of fused-ring (bicyclic) bond motifs is 4. The van der Waals surface area contributed by atoms with Crippen LogP contribution in [0.3, 0.4) is 0 Å². The highest BCUT2D eigenvalue weighted by molar-refractivity contribution is 5.49. The molecule has 2 bridgehead atoms. The van der Waals surface area contributed by atoms with Gasteiger partial charge < -0.3 is 9.47 Å². The van der Waals surface area contributed by atoms with Crippen LogP contribution in [0.1, 0.15) is 42.9 Å². The number of methoxy groups -OCH3 is 1. The summed E-state index contributed by atoms with van der Waals surface area (Å²) in [6.07, 6.45) is 10.5. The van der Waals surface area contributed by atoms with E-state index in [4.69, 9.17) is 9.47 Å². The van der Waals surface area contributed by atoms with Crippen molar-refractivity contribution in [1.29, 1.82) is 0 Å². The number of ether oxygens (including phenoxy) is 2. The van der Waals surface area contributed by atoms with Gasteiger partial charge >= 0.3 is 0 Å². The molecule has 0 saturated carbocycles. The third-order valence-electron chi connectivity index (χ3n) is 4.76. The summed E-state index contributed by atoms with van der Waals surface area (Å²) in [4.78, 5) is 0. The minimum atomic E-state index is -0.549. The summed E-state index contributed by atoms with van der Waals surface area (Å²) in [5.74, 6) is -0.549. The fraction of sp³-hybridized carbons (Fsp3) is 0.444. The fourth-order valence-electron chi connectivity index (χ4n) is 3.69. The highest BCUT2D eigenvalue weighted by Crippen LogP contribution is 2.50. The van der Waals surface area contributed by atoms with Crippen molar-refractivity contribution >= 4 is 0 Å². The second-order valence-corrected chi connectivity index (χ2v) is 5.96. The predicted octanol–water partition coefficient (Wildman–Crippen LogP) is 4.08. The van der Waals surface area contributed by atoms with Gasteiger partial charge in [0, 0.05) is 13.5 Å². The van der Waals surface area contributed by atoms with Gasteiger partial charge in [0.2, 0.25) is 0 Å². The average molecular weight is 268 g/mol. The summed E-state index contributed by atoms with van der Waals surface area (Å²) in [7, 11) is 1.75. The first-order chi connectivity index (χ1) is 9.81. The lowest BCUT2D eigenvalue weighted by molar-refractivity contribution is -0.200. The standard InChI is InChI=1S/C18H20O2/c1-19-18-11-14-9-5-6-10-15(14)17(20-18)16(12-18)13-7-3-2-4-8-13/h5-7,9-10,12,17H,2-4,8,11H2,1H3. The van der Waals surface area contributed by atoms with Crippen molar-refractivity contribution < 1.29 is 9.47 Å². The van der Waals surface area contributed by atoms with Gasteiger partial charge in [0.25, 0.3) is 0 Å². The summed E-state index contributed by atoms with van der Waals surface area (Å²) in [5, 5.41) is 0. The molecule has 4 rings (SSSR count). The van der Waals surface area contributed by atoms with E-state index in [1.54, 1.807) is 7.11 Å². The second kappa shape index (κ2) is 4.57. The van der Waals surface area contributed by atoms with Gasteiger partial charge in [-0.15, -0.1) is 0 Å². The van der Waals surface area contributed by atoms with E-state index in [1.807, 2.05) is 0 Å². The molecule has 2 aliphatic heterocycles. The van der Waals surface area contributed by atoms with E-state index in [2.05, 4.69) is 36.4 Å². The smallest absolute Gasteiger partial charge is 0.193 e. The van der Waals surface area contributed by atoms with Gasteiger partial charge in [-0.1, -0.05) is 30.3 Å². The summed E-state index contributed by atoms with van der Waals surface area (Å²) < 4.78 is 12.0. The summed E-state index contributed by atoms with van der Waals surface area (Å²) in [5.41, 5.74) is 5.48. The van der Waals surface area contributed by atoms with Crippen molar-refractivity contribution in [2.75, 3.05) is 7.11 Å². The molecule has 2 heteroatoms. The molecule has 1 aromatic carbocycles. The molecule has 2 atom stereocenters. The van der Waals surface area contributed by atoms with E-state index >= 15 is 0 Å². The Kier molecular flexibility index (Phi) is 2.83. The Labute approximate surface area is 120 Å². The second-order valence-electron chi connectivity index (χ2n) is 5.96. The number of benzene rings is 1. The number of hydrogen-bond acceptors (Lipinski definition) is 2. The maximum atomic E-state index is 6.27. The monoisotopic (exact) mass is 268 g/mol. The molecule has 0 spiro atoms. The lowest BCUT2D eigenvalue weighted by Gasteiger charge is -2.34. The molecular weight excluding hydrogens is 248 g/mol. The Morgan fingerprint density at radius 2 is 2.15 bits per heavy atom. The van der Waals surface area contributed by atoms with E-state index in [9.17, 15) is 0 Å². The molecule has 2 nitrogen and oxygen atoms in total. The topological polar surface area (TPSA) is 18.5 Å². The quantitative estimate of drug-likeness (QED) is 0.804. The minimum Gasteiger partial charge on any atom is -0.349 e. The molecule has 2 unspecified atom stereocenters. The first-order valence-electron chi connectivity index (χ1n) is 7.54. The van der Waals surface area contributed by atoms with Gasteiger partial charge in [0.05, 0.1) is 0 Å².